The summed E-state index contributed by atoms with van der Waals surface area (Å²) in [6.07, 6.45) is 12.2. The van der Waals surface area contributed by atoms with Gasteiger partial charge in [-0.2, -0.15) is 0 Å². The molecule has 0 radical (unpaired) electrons. The summed E-state index contributed by atoms with van der Waals surface area (Å²) in [4.78, 5) is 9.59. The van der Waals surface area contributed by atoms with Gasteiger partial charge >= 0.3 is 0 Å². The fourth-order valence-electron chi connectivity index (χ4n) is 10.7. The van der Waals surface area contributed by atoms with Crippen LogP contribution in [0, 0.1) is 46.8 Å². The lowest BCUT2D eigenvalue weighted by atomic mass is 9.35. The fraction of sp³-hybridized carbons (Fsp3) is 0.788. The summed E-state index contributed by atoms with van der Waals surface area (Å²) in [5.74, 6) is 2.01. The summed E-state index contributed by atoms with van der Waals surface area (Å²) >= 11 is 0. The van der Waals surface area contributed by atoms with E-state index in [0.29, 0.717) is 11.8 Å². The Hall–Kier alpha value is -1.75. The van der Waals surface area contributed by atoms with E-state index in [1.54, 1.807) is 0 Å². The van der Waals surface area contributed by atoms with Crippen molar-refractivity contribution in [2.45, 2.75) is 125 Å². The quantitative estimate of drug-likeness (QED) is 0.245. The molecule has 8 atom stereocenters. The number of hydrogen-bond donors (Lipinski definition) is 2. The van der Waals surface area contributed by atoms with Gasteiger partial charge in [-0.3, -0.25) is 0 Å². The molecule has 1 aromatic rings. The van der Waals surface area contributed by atoms with Crippen LogP contribution in [0.5, 0.6) is 0 Å². The van der Waals surface area contributed by atoms with E-state index in [1.807, 2.05) is 13.8 Å². The van der Waals surface area contributed by atoms with E-state index in [4.69, 9.17) is 4.98 Å². The van der Waals surface area contributed by atoms with Gasteiger partial charge in [-0.15, -0.1) is 0 Å². The molecule has 0 aromatic carbocycles. The van der Waals surface area contributed by atoms with Crippen LogP contribution in [0.25, 0.3) is 0 Å². The molecule has 1 heterocycles. The highest BCUT2D eigenvalue weighted by molar-refractivity contribution is 5.89. The van der Waals surface area contributed by atoms with Crippen molar-refractivity contribution in [3.8, 4) is 0 Å². The van der Waals surface area contributed by atoms with Crippen molar-refractivity contribution < 1.29 is 10.3 Å². The third kappa shape index (κ3) is 3.77. The van der Waals surface area contributed by atoms with Crippen LogP contribution in [0.4, 0.5) is 0 Å². The van der Waals surface area contributed by atoms with E-state index in [-0.39, 0.29) is 33.5 Å². The summed E-state index contributed by atoms with van der Waals surface area (Å²) < 4.78 is 0. The Morgan fingerprint density at radius 1 is 1.11 bits per heavy atom. The van der Waals surface area contributed by atoms with Crippen LogP contribution in [-0.4, -0.2) is 31.6 Å². The zero-order valence-corrected chi connectivity index (χ0v) is 25.4. The van der Waals surface area contributed by atoms with E-state index in [1.165, 1.54) is 29.7 Å². The maximum absolute atomic E-state index is 11.8. The van der Waals surface area contributed by atoms with Crippen molar-refractivity contribution >= 4 is 5.71 Å². The van der Waals surface area contributed by atoms with Crippen LogP contribution in [0.1, 0.15) is 117 Å². The number of nitrogens with zero attached hydrogens (tertiary/aromatic N) is 3. The molecule has 2 N–H and O–H groups in total. The van der Waals surface area contributed by atoms with Crippen LogP contribution in [0.3, 0.4) is 0 Å². The average molecular weight is 522 g/mol. The van der Waals surface area contributed by atoms with Crippen molar-refractivity contribution in [2.24, 2.45) is 45.1 Å². The number of allylic oxidation sites excluding steroid dienone is 2. The van der Waals surface area contributed by atoms with E-state index >= 15 is 0 Å². The Morgan fingerprint density at radius 2 is 1.79 bits per heavy atom. The van der Waals surface area contributed by atoms with Crippen LogP contribution in [0.2, 0.25) is 0 Å². The summed E-state index contributed by atoms with van der Waals surface area (Å²) in [7, 11) is 0. The predicted octanol–water partition coefficient (Wildman–Crippen LogP) is 7.42. The molecular formula is C33H51N3O2. The average Bonchev–Trinajstić information content (AvgIpc) is 3.19. The second-order valence-corrected chi connectivity index (χ2v) is 15.3. The molecule has 5 rings (SSSR count). The number of oxime groups is 1. The van der Waals surface area contributed by atoms with Gasteiger partial charge in [-0.05, 0) is 119 Å². The smallest absolute Gasteiger partial charge is 0.125 e. The van der Waals surface area contributed by atoms with Crippen molar-refractivity contribution in [3.63, 3.8) is 0 Å². The first-order valence-electron chi connectivity index (χ1n) is 15.0. The molecule has 0 unspecified atom stereocenters. The van der Waals surface area contributed by atoms with Gasteiger partial charge in [0.2, 0.25) is 0 Å². The molecule has 0 aliphatic heterocycles. The number of fused-ring (bicyclic) bond motifs is 6. The van der Waals surface area contributed by atoms with Crippen LogP contribution in [-0.2, 0) is 11.8 Å². The Bertz CT molecular complexity index is 1160. The molecular weight excluding hydrogens is 470 g/mol. The van der Waals surface area contributed by atoms with Crippen molar-refractivity contribution in [1.29, 1.82) is 0 Å². The molecule has 3 saturated carbocycles. The minimum atomic E-state index is -0.782. The molecule has 4 aliphatic carbocycles. The number of hydrogen-bond acceptors (Lipinski definition) is 5. The lowest BCUT2D eigenvalue weighted by Gasteiger charge is -2.69. The lowest BCUT2D eigenvalue weighted by molar-refractivity contribution is -0.163. The van der Waals surface area contributed by atoms with Gasteiger partial charge in [0.05, 0.1) is 17.0 Å². The van der Waals surface area contributed by atoms with Gasteiger partial charge in [0, 0.05) is 17.5 Å². The summed E-state index contributed by atoms with van der Waals surface area (Å²) in [5, 5.41) is 26.4. The number of aromatic nitrogens is 2. The molecule has 3 fully saturated rings. The summed E-state index contributed by atoms with van der Waals surface area (Å²) in [5.41, 5.74) is 4.12. The van der Waals surface area contributed by atoms with Gasteiger partial charge in [0.1, 0.15) is 5.82 Å². The van der Waals surface area contributed by atoms with Crippen molar-refractivity contribution in [3.05, 3.63) is 34.9 Å². The number of aliphatic hydroxyl groups is 1. The van der Waals surface area contributed by atoms with E-state index < -0.39 is 5.60 Å². The summed E-state index contributed by atoms with van der Waals surface area (Å²) in [6.45, 7) is 20.6. The first kappa shape index (κ1) is 27.8. The third-order valence-corrected chi connectivity index (χ3v) is 12.6. The lowest BCUT2D eigenvalue weighted by Crippen LogP contribution is -2.65. The Labute approximate surface area is 230 Å². The highest BCUT2D eigenvalue weighted by atomic mass is 16.4. The highest BCUT2D eigenvalue weighted by Gasteiger charge is 2.71. The molecule has 4 aliphatic rings. The first-order chi connectivity index (χ1) is 17.6. The largest absolute Gasteiger partial charge is 0.411 e. The Morgan fingerprint density at radius 3 is 2.45 bits per heavy atom. The molecule has 5 heteroatoms. The minimum absolute atomic E-state index is 0.00910. The van der Waals surface area contributed by atoms with Gasteiger partial charge in [-0.25, -0.2) is 9.97 Å². The van der Waals surface area contributed by atoms with Gasteiger partial charge < -0.3 is 10.3 Å². The minimum Gasteiger partial charge on any atom is -0.411 e. The molecule has 210 valence electrons. The number of rotatable bonds is 4. The molecule has 38 heavy (non-hydrogen) atoms. The standard InChI is InChI=1S/C33H51N3O2/c1-20(2)11-10-14-33(9,37)23-12-15-32(8)27(23)24(36-38)17-26-30(6)18-22-19-34-21(3)35-28(22)29(4,5)25(30)13-16-31(26,32)7/h11,19,23,25-27,37-38H,10,12-18H2,1-9H3/b36-24+/t23-,25-,26+,27-,30-,31+,32+,33-/m0/s1. The molecule has 0 saturated heterocycles. The van der Waals surface area contributed by atoms with E-state index in [9.17, 15) is 10.3 Å². The normalized spacial score (nSPS) is 41.9. The fourth-order valence-corrected chi connectivity index (χ4v) is 10.7. The highest BCUT2D eigenvalue weighted by Crippen LogP contribution is 2.74. The van der Waals surface area contributed by atoms with Crippen molar-refractivity contribution in [2.75, 3.05) is 0 Å². The maximum atomic E-state index is 11.8. The monoisotopic (exact) mass is 521 g/mol. The zero-order chi connectivity index (χ0) is 27.9. The van der Waals surface area contributed by atoms with Crippen molar-refractivity contribution in [1.82, 2.24) is 9.97 Å². The predicted molar refractivity (Wildman–Crippen MR) is 153 cm³/mol. The van der Waals surface area contributed by atoms with Crippen LogP contribution in [0.15, 0.2) is 23.0 Å². The third-order valence-electron chi connectivity index (χ3n) is 12.6. The SMILES string of the molecule is CC(C)=CCC[C@](C)(O)[C@H]1CC[C@]2(C)[C@@H]1/C(=N/O)C[C@@H]1[C@@]3(C)Cc4cnc(C)nc4C(C)(C)[C@@H]3CC[C@]12C. The first-order valence-corrected chi connectivity index (χ1v) is 15.0. The van der Waals surface area contributed by atoms with E-state index in [2.05, 4.69) is 70.9 Å². The van der Waals surface area contributed by atoms with E-state index in [0.717, 1.165) is 50.1 Å². The van der Waals surface area contributed by atoms with Gasteiger partial charge in [0.15, 0.2) is 0 Å². The van der Waals surface area contributed by atoms with Gasteiger partial charge in [-0.1, -0.05) is 51.4 Å². The number of aryl methyl sites for hydroxylation is 1. The molecule has 0 spiro atoms. The van der Waals surface area contributed by atoms with Gasteiger partial charge in [0.25, 0.3) is 0 Å². The molecule has 5 nitrogen and oxygen atoms in total. The Balaban J connectivity index is 1.55. The van der Waals surface area contributed by atoms with Crippen LogP contribution < -0.4 is 0 Å². The summed E-state index contributed by atoms with van der Waals surface area (Å²) in [6, 6.07) is 0. The molecule has 1 aromatic heterocycles. The molecule has 0 bridgehead atoms. The second kappa shape index (κ2) is 8.88. The Kier molecular flexibility index (Phi) is 6.50. The zero-order valence-electron chi connectivity index (χ0n) is 25.4. The maximum Gasteiger partial charge on any atom is 0.125 e. The topological polar surface area (TPSA) is 78.6 Å². The van der Waals surface area contributed by atoms with Crippen LogP contribution >= 0.6 is 0 Å². The second-order valence-electron chi connectivity index (χ2n) is 15.3. The molecule has 0 amide bonds.